The lowest BCUT2D eigenvalue weighted by atomic mass is 9.55. The number of allylic oxidation sites excluding steroid dienone is 3. The minimum Gasteiger partial charge on any atom is -0.508 e. The van der Waals surface area contributed by atoms with Gasteiger partial charge in [0.25, 0.3) is 0 Å². The van der Waals surface area contributed by atoms with Crippen molar-refractivity contribution in [2.24, 2.45) is 34.4 Å². The van der Waals surface area contributed by atoms with Gasteiger partial charge in [-0.1, -0.05) is 113 Å². The lowest BCUT2D eigenvalue weighted by molar-refractivity contribution is -0.114. The number of ketones is 1. The Morgan fingerprint density at radius 1 is 0.917 bits per heavy atom. The standard InChI is InChI=1S/C63H81N3O6/c1-3-14-42(38-67)32-49(68)24-23-44-37-58(72-52-20-8-9-21-52)61(70)60-53(44)22-13-17-48-34-46-36-55-54(27-40(2)28-56(55)59(60)57(46)39-71-51-18-6-4-7-19-51)45-30-43(33-50(69)35-45)29-41-15-12-16-47(31-41)63(66-62(64)65-48)25-10-5-11-26-63/h12,15-16,30-33,35-37,40,46,48,51-52,54,56-57,59,67,69-70H,3-11,14,17-21,23-29,34,38-39H2,1-2H3,(H3,64,65,66)/b42-32-/t40-,46-,48-,54-,56-,57+,59+/m0/s1. The summed E-state index contributed by atoms with van der Waals surface area (Å²) in [6.45, 7) is 4.84. The Kier molecular flexibility index (Phi) is 15.9. The van der Waals surface area contributed by atoms with Crippen molar-refractivity contribution in [3.63, 3.8) is 0 Å². The molecule has 3 aromatic rings. The highest BCUT2D eigenvalue weighted by molar-refractivity contribution is 5.90. The first kappa shape index (κ1) is 50.5. The number of hydrogen-bond acceptors (Lipinski definition) is 9. The highest BCUT2D eigenvalue weighted by atomic mass is 16.5. The molecule has 7 atom stereocenters. The number of guanidine groups is 1. The summed E-state index contributed by atoms with van der Waals surface area (Å²) in [6.07, 6.45) is 25.4. The van der Waals surface area contributed by atoms with E-state index in [1.807, 2.05) is 18.2 Å². The Balaban J connectivity index is 1.19. The maximum absolute atomic E-state index is 13.8. The van der Waals surface area contributed by atoms with Crippen molar-refractivity contribution in [2.75, 3.05) is 13.2 Å². The smallest absolute Gasteiger partial charge is 0.189 e. The van der Waals surface area contributed by atoms with Gasteiger partial charge in [-0.3, -0.25) is 4.79 Å². The molecule has 6 N–H and O–H groups in total. The van der Waals surface area contributed by atoms with Gasteiger partial charge in [0.15, 0.2) is 23.2 Å². The van der Waals surface area contributed by atoms with E-state index in [1.54, 1.807) is 6.08 Å². The number of ether oxygens (including phenoxy) is 2. The molecular formula is C63H81N3O6. The van der Waals surface area contributed by atoms with Crippen LogP contribution >= 0.6 is 0 Å². The number of benzene rings is 3. The van der Waals surface area contributed by atoms with Crippen molar-refractivity contribution < 1.29 is 29.6 Å². The third-order valence-corrected chi connectivity index (χ3v) is 17.9. The minimum absolute atomic E-state index is 0.000652. The second kappa shape index (κ2) is 22.6. The number of rotatable bonds is 12. The molecule has 3 aromatic carbocycles. The van der Waals surface area contributed by atoms with E-state index in [-0.39, 0.29) is 83.7 Å². The molecule has 6 aliphatic carbocycles. The van der Waals surface area contributed by atoms with Gasteiger partial charge in [-0.2, -0.15) is 0 Å². The van der Waals surface area contributed by atoms with E-state index in [2.05, 4.69) is 67.4 Å². The number of aliphatic imine (C=N–C) groups is 1. The van der Waals surface area contributed by atoms with E-state index in [1.165, 1.54) is 42.4 Å². The van der Waals surface area contributed by atoms with E-state index < -0.39 is 0 Å². The minimum atomic E-state index is -0.362. The first-order valence-electron chi connectivity index (χ1n) is 28.3. The SMILES string of the molecule is CCC/C(=C/C(=O)CCc1cc(OC2CCCC2)c(O)c2c1C#CC[C@H]1C[C@H]3C=C4[C@@H](C[C@H](C)C[C@@H]4[C@@H]2[C@@H]3COC2CCCCC2)c2cc(O)cc(c2)Cc2cccc(c2)C2(CCCCC2)NC(N)=N1)CO. The lowest BCUT2D eigenvalue weighted by Gasteiger charge is -2.50. The number of hydrogen-bond donors (Lipinski definition) is 5. The summed E-state index contributed by atoms with van der Waals surface area (Å²) < 4.78 is 14.1. The van der Waals surface area contributed by atoms with Crippen LogP contribution in [0.4, 0.5) is 0 Å². The van der Waals surface area contributed by atoms with Crippen LogP contribution in [-0.4, -0.2) is 58.5 Å². The molecule has 72 heavy (non-hydrogen) atoms. The molecule has 9 heteroatoms. The van der Waals surface area contributed by atoms with Gasteiger partial charge in [0, 0.05) is 35.8 Å². The van der Waals surface area contributed by atoms with Crippen LogP contribution in [0.5, 0.6) is 17.2 Å². The van der Waals surface area contributed by atoms with E-state index in [0.29, 0.717) is 56.3 Å². The van der Waals surface area contributed by atoms with Gasteiger partial charge in [0.2, 0.25) is 0 Å². The first-order chi connectivity index (χ1) is 35.1. The molecule has 1 spiro atoms. The molecule has 384 valence electrons. The predicted octanol–water partition coefficient (Wildman–Crippen LogP) is 12.3. The highest BCUT2D eigenvalue weighted by Crippen LogP contribution is 2.60. The molecule has 8 bridgehead atoms. The molecule has 4 saturated carbocycles. The number of nitrogens with one attached hydrogen (secondary N) is 1. The molecule has 10 rings (SSSR count). The number of aliphatic hydroxyl groups is 1. The van der Waals surface area contributed by atoms with Gasteiger partial charge in [0.05, 0.1) is 37.0 Å². The van der Waals surface area contributed by atoms with Gasteiger partial charge in [0.1, 0.15) is 5.75 Å². The predicted molar refractivity (Wildman–Crippen MR) is 286 cm³/mol. The molecule has 4 fully saturated rings. The zero-order chi connectivity index (χ0) is 49.8. The molecule has 1 aliphatic heterocycles. The van der Waals surface area contributed by atoms with Gasteiger partial charge < -0.3 is 35.8 Å². The normalized spacial score (nSPS) is 27.4. The number of nitrogens with two attached hydrogens (primary N) is 1. The van der Waals surface area contributed by atoms with E-state index in [4.69, 9.17) is 20.2 Å². The summed E-state index contributed by atoms with van der Waals surface area (Å²) in [5, 5.41) is 38.8. The van der Waals surface area contributed by atoms with Crippen molar-refractivity contribution in [3.8, 4) is 29.1 Å². The summed E-state index contributed by atoms with van der Waals surface area (Å²) in [4.78, 5) is 19.3. The molecule has 0 unspecified atom stereocenters. The zero-order valence-corrected chi connectivity index (χ0v) is 43.2. The topological polar surface area (TPSA) is 147 Å². The van der Waals surface area contributed by atoms with Gasteiger partial charge in [-0.15, -0.1) is 0 Å². The third kappa shape index (κ3) is 11.2. The fourth-order valence-electron chi connectivity index (χ4n) is 14.5. The van der Waals surface area contributed by atoms with Crippen LogP contribution in [-0.2, 0) is 27.9 Å². The van der Waals surface area contributed by atoms with Crippen LogP contribution in [0, 0.1) is 35.5 Å². The lowest BCUT2D eigenvalue weighted by Crippen LogP contribution is -2.50. The summed E-state index contributed by atoms with van der Waals surface area (Å²) in [5.41, 5.74) is 16.2. The summed E-state index contributed by atoms with van der Waals surface area (Å²) in [5.74, 6) is 8.95. The molecule has 9 nitrogen and oxygen atoms in total. The largest absolute Gasteiger partial charge is 0.508 e. The number of phenols is 2. The fraction of sp³-hybridized carbons (Fsp3) is 0.587. The highest BCUT2D eigenvalue weighted by Gasteiger charge is 2.49. The molecule has 1 heterocycles. The number of nitrogens with zero attached hydrogens (tertiary/aromatic N) is 1. The van der Waals surface area contributed by atoms with Crippen molar-refractivity contribution in [1.82, 2.24) is 5.32 Å². The molecule has 0 saturated heterocycles. The van der Waals surface area contributed by atoms with Crippen LogP contribution in [0.1, 0.15) is 199 Å². The number of carbonyl (C=O) groups is 1. The zero-order valence-electron chi connectivity index (χ0n) is 43.2. The second-order valence-electron chi connectivity index (χ2n) is 23.2. The van der Waals surface area contributed by atoms with Crippen LogP contribution < -0.4 is 15.8 Å². The van der Waals surface area contributed by atoms with E-state index in [0.717, 1.165) is 117 Å². The summed E-state index contributed by atoms with van der Waals surface area (Å²) in [6, 6.07) is 17.0. The Labute approximate surface area is 429 Å². The van der Waals surface area contributed by atoms with Crippen molar-refractivity contribution >= 4 is 11.7 Å². The molecule has 0 aromatic heterocycles. The molecule has 0 radical (unpaired) electrons. The maximum atomic E-state index is 13.8. The summed E-state index contributed by atoms with van der Waals surface area (Å²) in [7, 11) is 0. The maximum Gasteiger partial charge on any atom is 0.189 e. The van der Waals surface area contributed by atoms with Crippen LogP contribution in [0.25, 0.3) is 0 Å². The number of aliphatic hydroxyl groups excluding tert-OH is 1. The van der Waals surface area contributed by atoms with Crippen molar-refractivity contribution in [2.45, 2.75) is 197 Å². The van der Waals surface area contributed by atoms with E-state index >= 15 is 0 Å². The van der Waals surface area contributed by atoms with E-state index in [9.17, 15) is 20.1 Å². The van der Waals surface area contributed by atoms with Crippen molar-refractivity contribution in [3.05, 3.63) is 111 Å². The molecular weight excluding hydrogens is 895 g/mol. The fourth-order valence-corrected chi connectivity index (χ4v) is 14.5. The average molecular weight is 976 g/mol. The Morgan fingerprint density at radius 2 is 1.69 bits per heavy atom. The van der Waals surface area contributed by atoms with Gasteiger partial charge in [-0.05, 0) is 171 Å². The number of carbonyl (C=O) groups excluding carboxylic acids is 1. The summed E-state index contributed by atoms with van der Waals surface area (Å²) >= 11 is 0. The number of aromatic hydroxyl groups is 2. The number of fused-ring (bicyclic) bond motifs is 11. The van der Waals surface area contributed by atoms with Crippen LogP contribution in [0.2, 0.25) is 0 Å². The molecule has 7 aliphatic rings. The monoisotopic (exact) mass is 976 g/mol. The first-order valence-corrected chi connectivity index (χ1v) is 28.3. The quantitative estimate of drug-likeness (QED) is 0.0685. The Hall–Kier alpha value is -5.04. The average Bonchev–Trinajstić information content (AvgIpc) is 3.89. The number of phenolic OH excluding ortho intramolecular Hbond substituents is 2. The Morgan fingerprint density at radius 3 is 2.49 bits per heavy atom. The van der Waals surface area contributed by atoms with Crippen LogP contribution in [0.15, 0.2) is 76.8 Å². The van der Waals surface area contributed by atoms with Crippen LogP contribution in [0.3, 0.4) is 0 Å². The second-order valence-corrected chi connectivity index (χ2v) is 23.2. The Bertz CT molecular complexity index is 2580. The van der Waals surface area contributed by atoms with Crippen molar-refractivity contribution in [1.29, 1.82) is 0 Å². The van der Waals surface area contributed by atoms with Gasteiger partial charge in [-0.25, -0.2) is 4.99 Å². The number of aryl methyl sites for hydroxylation is 1. The third-order valence-electron chi connectivity index (χ3n) is 17.9. The van der Waals surface area contributed by atoms with Gasteiger partial charge >= 0.3 is 0 Å². The molecule has 0 amide bonds.